The number of methoxy groups -OCH3 is 1. The third-order valence-corrected chi connectivity index (χ3v) is 4.44. The molecule has 124 valence electrons. The van der Waals surface area contributed by atoms with Gasteiger partial charge in [-0.2, -0.15) is 10.4 Å². The maximum absolute atomic E-state index is 9.36. The van der Waals surface area contributed by atoms with E-state index < -0.39 is 0 Å². The summed E-state index contributed by atoms with van der Waals surface area (Å²) >= 11 is 7.21. The molecule has 0 saturated carbocycles. The zero-order valence-corrected chi connectivity index (χ0v) is 14.8. The highest BCUT2D eigenvalue weighted by Gasteiger charge is 2.10. The molecule has 0 saturated heterocycles. The Morgan fingerprint density at radius 1 is 1.20 bits per heavy atom. The van der Waals surface area contributed by atoms with Crippen molar-refractivity contribution >= 4 is 34.3 Å². The molecule has 3 aromatic rings. The minimum absolute atomic E-state index is 0.222. The number of nitrogens with zero attached hydrogens (tertiary/aromatic N) is 3. The first-order valence-electron chi connectivity index (χ1n) is 7.29. The second kappa shape index (κ2) is 7.79. The van der Waals surface area contributed by atoms with Gasteiger partial charge in [-0.15, -0.1) is 11.3 Å². The van der Waals surface area contributed by atoms with Gasteiger partial charge in [0.2, 0.25) is 0 Å². The Morgan fingerprint density at radius 2 is 1.92 bits per heavy atom. The number of aromatic nitrogens is 1. The molecule has 0 fully saturated rings. The zero-order valence-electron chi connectivity index (χ0n) is 13.2. The Balaban J connectivity index is 1.79. The summed E-state index contributed by atoms with van der Waals surface area (Å²) < 4.78 is 5.15. The minimum atomic E-state index is 0.222. The van der Waals surface area contributed by atoms with Gasteiger partial charge >= 0.3 is 0 Å². The quantitative estimate of drug-likeness (QED) is 0.518. The Hall–Kier alpha value is -2.88. The summed E-state index contributed by atoms with van der Waals surface area (Å²) in [5.41, 5.74) is 5.54. The van der Waals surface area contributed by atoms with E-state index in [0.717, 1.165) is 22.7 Å². The van der Waals surface area contributed by atoms with Crippen LogP contribution in [0.5, 0.6) is 5.75 Å². The van der Waals surface area contributed by atoms with Gasteiger partial charge in [0.25, 0.3) is 0 Å². The Kier molecular flexibility index (Phi) is 5.29. The van der Waals surface area contributed by atoms with Crippen LogP contribution in [0.25, 0.3) is 11.3 Å². The Labute approximate surface area is 154 Å². The van der Waals surface area contributed by atoms with Gasteiger partial charge in [0, 0.05) is 16.0 Å². The van der Waals surface area contributed by atoms with Crippen LogP contribution < -0.4 is 10.2 Å². The summed E-state index contributed by atoms with van der Waals surface area (Å²) in [4.78, 5) is 4.50. The van der Waals surface area contributed by atoms with Gasteiger partial charge in [-0.05, 0) is 48.5 Å². The molecule has 5 nitrogen and oxygen atoms in total. The lowest BCUT2D eigenvalue weighted by molar-refractivity contribution is 0.415. The van der Waals surface area contributed by atoms with Gasteiger partial charge in [0.1, 0.15) is 11.8 Å². The summed E-state index contributed by atoms with van der Waals surface area (Å²) in [5, 5.41) is 16.6. The molecule has 0 radical (unpaired) electrons. The average Bonchev–Trinajstić information content (AvgIpc) is 3.14. The van der Waals surface area contributed by atoms with Crippen molar-refractivity contribution in [1.29, 1.82) is 5.26 Å². The second-order valence-corrected chi connectivity index (χ2v) is 6.25. The molecule has 0 spiro atoms. The van der Waals surface area contributed by atoms with Gasteiger partial charge in [-0.3, -0.25) is 5.43 Å². The van der Waals surface area contributed by atoms with Crippen LogP contribution in [-0.2, 0) is 0 Å². The number of hydrogen-bond donors (Lipinski definition) is 1. The summed E-state index contributed by atoms with van der Waals surface area (Å²) in [7, 11) is 1.62. The van der Waals surface area contributed by atoms with Gasteiger partial charge in [-0.25, -0.2) is 4.98 Å². The third kappa shape index (κ3) is 4.15. The number of nitriles is 1. The lowest BCUT2D eigenvalue weighted by atomic mass is 10.2. The fraction of sp³-hybridized carbons (Fsp3) is 0.0556. The van der Waals surface area contributed by atoms with Crippen molar-refractivity contribution in [3.63, 3.8) is 0 Å². The van der Waals surface area contributed by atoms with Crippen molar-refractivity contribution in [2.75, 3.05) is 12.5 Å². The van der Waals surface area contributed by atoms with E-state index in [1.165, 1.54) is 11.3 Å². The maximum atomic E-state index is 9.36. The molecule has 0 aliphatic carbocycles. The largest absolute Gasteiger partial charge is 0.497 e. The normalized spacial score (nSPS) is 11.0. The van der Waals surface area contributed by atoms with Crippen molar-refractivity contribution in [3.8, 4) is 23.1 Å². The summed E-state index contributed by atoms with van der Waals surface area (Å²) in [6.07, 6.45) is 0. The minimum Gasteiger partial charge on any atom is -0.497 e. The predicted octanol–water partition coefficient (Wildman–Crippen LogP) is 4.81. The van der Waals surface area contributed by atoms with E-state index in [9.17, 15) is 5.26 Å². The monoisotopic (exact) mass is 368 g/mol. The molecule has 1 aromatic heterocycles. The molecule has 3 rings (SSSR count). The van der Waals surface area contributed by atoms with Crippen molar-refractivity contribution < 1.29 is 4.74 Å². The van der Waals surface area contributed by atoms with Crippen molar-refractivity contribution in [1.82, 2.24) is 4.98 Å². The number of nitrogens with one attached hydrogen (secondary N) is 1. The van der Waals surface area contributed by atoms with Crippen molar-refractivity contribution in [2.45, 2.75) is 0 Å². The number of ether oxygens (including phenoxy) is 1. The fourth-order valence-electron chi connectivity index (χ4n) is 2.04. The van der Waals surface area contributed by atoms with Gasteiger partial charge in [0.05, 0.1) is 18.5 Å². The molecular formula is C18H13ClN4OS. The lowest BCUT2D eigenvalue weighted by Gasteiger charge is -2.01. The molecule has 1 N–H and O–H groups in total. The van der Waals surface area contributed by atoms with Crippen LogP contribution in [0.1, 0.15) is 5.01 Å². The first-order valence-corrected chi connectivity index (χ1v) is 8.55. The summed E-state index contributed by atoms with van der Waals surface area (Å²) in [6.45, 7) is 0. The molecule has 1 heterocycles. The lowest BCUT2D eigenvalue weighted by Crippen LogP contribution is -2.01. The number of anilines is 1. The third-order valence-electron chi connectivity index (χ3n) is 3.34. The summed E-state index contributed by atoms with van der Waals surface area (Å²) in [5.74, 6) is 0.783. The van der Waals surface area contributed by atoms with Crippen LogP contribution in [0.2, 0.25) is 5.02 Å². The standard InChI is InChI=1S/C18H13ClN4OS/c1-24-15-8-2-12(3-9-15)17-11-25-18(21-17)16(10-20)23-22-14-6-4-13(19)5-7-14/h2-9,11,22H,1H3. The fourth-order valence-corrected chi connectivity index (χ4v) is 2.93. The van der Waals surface area contributed by atoms with Crippen LogP contribution in [-0.4, -0.2) is 17.8 Å². The Bertz CT molecular complexity index is 927. The highest BCUT2D eigenvalue weighted by atomic mass is 35.5. The number of rotatable bonds is 5. The molecule has 0 atom stereocenters. The average molecular weight is 369 g/mol. The van der Waals surface area contributed by atoms with Crippen LogP contribution in [0.3, 0.4) is 0 Å². The van der Waals surface area contributed by atoms with Gasteiger partial charge < -0.3 is 4.74 Å². The molecule has 2 aromatic carbocycles. The number of halogens is 1. The van der Waals surface area contributed by atoms with E-state index in [2.05, 4.69) is 21.6 Å². The molecule has 0 aliphatic rings. The maximum Gasteiger partial charge on any atom is 0.196 e. The zero-order chi connectivity index (χ0) is 17.6. The van der Waals surface area contributed by atoms with Gasteiger partial charge in [0.15, 0.2) is 10.7 Å². The van der Waals surface area contributed by atoms with Crippen molar-refractivity contribution in [3.05, 3.63) is 63.9 Å². The van der Waals surface area contributed by atoms with Crippen LogP contribution >= 0.6 is 22.9 Å². The smallest absolute Gasteiger partial charge is 0.196 e. The predicted molar refractivity (Wildman–Crippen MR) is 101 cm³/mol. The molecule has 7 heteroatoms. The molecular weight excluding hydrogens is 356 g/mol. The SMILES string of the molecule is COc1ccc(-c2csc(C(C#N)=NNc3ccc(Cl)cc3)n2)cc1. The van der Waals surface area contributed by atoms with E-state index in [0.29, 0.717) is 10.0 Å². The first kappa shape index (κ1) is 17.0. The molecule has 0 amide bonds. The highest BCUT2D eigenvalue weighted by Crippen LogP contribution is 2.24. The van der Waals surface area contributed by atoms with E-state index in [4.69, 9.17) is 16.3 Å². The molecule has 0 unspecified atom stereocenters. The summed E-state index contributed by atoms with van der Waals surface area (Å²) in [6, 6.07) is 16.7. The Morgan fingerprint density at radius 3 is 2.56 bits per heavy atom. The van der Waals surface area contributed by atoms with Crippen molar-refractivity contribution in [2.24, 2.45) is 5.10 Å². The number of thiazole rings is 1. The van der Waals surface area contributed by atoms with Crippen LogP contribution in [0.15, 0.2) is 59.0 Å². The molecule has 0 aliphatic heterocycles. The van der Waals surface area contributed by atoms with Gasteiger partial charge in [-0.1, -0.05) is 11.6 Å². The van der Waals surface area contributed by atoms with E-state index >= 15 is 0 Å². The second-order valence-electron chi connectivity index (χ2n) is 4.96. The highest BCUT2D eigenvalue weighted by molar-refractivity contribution is 7.12. The number of hydrogen-bond acceptors (Lipinski definition) is 6. The first-order chi connectivity index (χ1) is 12.2. The van der Waals surface area contributed by atoms with E-state index in [-0.39, 0.29) is 5.71 Å². The molecule has 25 heavy (non-hydrogen) atoms. The number of hydrazone groups is 1. The van der Waals surface area contributed by atoms with E-state index in [1.807, 2.05) is 29.6 Å². The number of benzene rings is 2. The topological polar surface area (TPSA) is 70.3 Å². The van der Waals surface area contributed by atoms with Crippen LogP contribution in [0, 0.1) is 11.3 Å². The van der Waals surface area contributed by atoms with Crippen LogP contribution in [0.4, 0.5) is 5.69 Å². The molecule has 0 bridgehead atoms. The van der Waals surface area contributed by atoms with E-state index in [1.54, 1.807) is 31.4 Å².